The second-order valence-electron chi connectivity index (χ2n) is 7.20. The van der Waals surface area contributed by atoms with Gasteiger partial charge in [-0.1, -0.05) is 11.6 Å². The monoisotopic (exact) mass is 415 g/mol. The molecule has 1 amide bonds. The molecule has 2 heterocycles. The summed E-state index contributed by atoms with van der Waals surface area (Å²) in [4.78, 5) is 29.9. The molecule has 1 N–H and O–H groups in total. The van der Waals surface area contributed by atoms with Gasteiger partial charge in [-0.25, -0.2) is 0 Å². The van der Waals surface area contributed by atoms with Crippen molar-refractivity contribution in [2.24, 2.45) is 0 Å². The number of carbonyl (C=O) groups excluding carboxylic acids is 1. The van der Waals surface area contributed by atoms with Crippen molar-refractivity contribution >= 4 is 41.6 Å². The zero-order valence-corrected chi connectivity index (χ0v) is 17.1. The van der Waals surface area contributed by atoms with Gasteiger partial charge in [-0.05, 0) is 63.5 Å². The Kier molecular flexibility index (Phi) is 7.91. The summed E-state index contributed by atoms with van der Waals surface area (Å²) >= 11 is 5.94. The van der Waals surface area contributed by atoms with Crippen molar-refractivity contribution in [1.82, 2.24) is 9.80 Å². The first-order chi connectivity index (χ1) is 12.5. The van der Waals surface area contributed by atoms with Crippen LogP contribution in [0.4, 0.5) is 5.69 Å². The minimum Gasteiger partial charge on any atom is -0.480 e. The Hall–Kier alpha value is -1.34. The average Bonchev–Trinajstić information content (AvgIpc) is 2.82. The maximum atomic E-state index is 12.9. The molecular weight excluding hydrogens is 389 g/mol. The van der Waals surface area contributed by atoms with Crippen LogP contribution in [0.25, 0.3) is 0 Å². The molecule has 0 aromatic heterocycles. The Bertz CT molecular complexity index is 656. The maximum absolute atomic E-state index is 12.9. The highest BCUT2D eigenvalue weighted by Crippen LogP contribution is 2.27. The molecule has 2 aliphatic heterocycles. The Labute approximate surface area is 171 Å². The molecule has 150 valence electrons. The molecule has 2 saturated heterocycles. The van der Waals surface area contributed by atoms with Crippen LogP contribution < -0.4 is 4.90 Å². The first kappa shape index (κ1) is 22.0. The number of likely N-dealkylation sites (tertiary alicyclic amines) is 1. The van der Waals surface area contributed by atoms with Gasteiger partial charge in [-0.15, -0.1) is 12.4 Å². The second kappa shape index (κ2) is 9.73. The molecule has 3 rings (SSSR count). The van der Waals surface area contributed by atoms with E-state index >= 15 is 0 Å². The highest BCUT2D eigenvalue weighted by molar-refractivity contribution is 6.30. The van der Waals surface area contributed by atoms with Crippen molar-refractivity contribution in [1.29, 1.82) is 0 Å². The van der Waals surface area contributed by atoms with Crippen LogP contribution in [0.5, 0.6) is 0 Å². The lowest BCUT2D eigenvalue weighted by molar-refractivity contribution is -0.138. The number of carbonyl (C=O) groups is 2. The van der Waals surface area contributed by atoms with E-state index in [9.17, 15) is 9.59 Å². The lowest BCUT2D eigenvalue weighted by Crippen LogP contribution is -2.43. The van der Waals surface area contributed by atoms with Crippen molar-refractivity contribution < 1.29 is 14.7 Å². The number of halogens is 2. The summed E-state index contributed by atoms with van der Waals surface area (Å²) in [6, 6.07) is 7.59. The van der Waals surface area contributed by atoms with Gasteiger partial charge in [0.25, 0.3) is 0 Å². The van der Waals surface area contributed by atoms with Crippen molar-refractivity contribution in [3.63, 3.8) is 0 Å². The number of hydrogen-bond acceptors (Lipinski definition) is 4. The Morgan fingerprint density at radius 3 is 2.56 bits per heavy atom. The SMILES string of the molecule is CN(CC(=O)O)C1CCCN(C2CCN(c3ccc(Cl)cc3)C2=O)CC1.Cl. The van der Waals surface area contributed by atoms with E-state index < -0.39 is 5.97 Å². The van der Waals surface area contributed by atoms with E-state index in [0.717, 1.165) is 51.0 Å². The zero-order chi connectivity index (χ0) is 18.7. The minimum absolute atomic E-state index is 0. The summed E-state index contributed by atoms with van der Waals surface area (Å²) in [6.07, 6.45) is 3.69. The van der Waals surface area contributed by atoms with E-state index in [2.05, 4.69) is 4.90 Å². The summed E-state index contributed by atoms with van der Waals surface area (Å²) in [6.45, 7) is 2.52. The van der Waals surface area contributed by atoms with Gasteiger partial charge in [0.05, 0.1) is 12.6 Å². The molecule has 0 spiro atoms. The first-order valence-corrected chi connectivity index (χ1v) is 9.56. The van der Waals surface area contributed by atoms with Crippen LogP contribution >= 0.6 is 24.0 Å². The molecule has 0 aliphatic carbocycles. The number of carboxylic acid groups (broad SMARTS) is 1. The van der Waals surface area contributed by atoms with E-state index in [1.165, 1.54) is 0 Å². The van der Waals surface area contributed by atoms with E-state index in [-0.39, 0.29) is 36.9 Å². The quantitative estimate of drug-likeness (QED) is 0.800. The lowest BCUT2D eigenvalue weighted by atomic mass is 10.1. The van der Waals surface area contributed by atoms with Crippen LogP contribution in [0.3, 0.4) is 0 Å². The van der Waals surface area contributed by atoms with Gasteiger partial charge >= 0.3 is 5.97 Å². The number of hydrogen-bond donors (Lipinski definition) is 1. The topological polar surface area (TPSA) is 64.1 Å². The smallest absolute Gasteiger partial charge is 0.317 e. The third-order valence-electron chi connectivity index (χ3n) is 5.50. The van der Waals surface area contributed by atoms with Crippen LogP contribution in [-0.4, -0.2) is 72.1 Å². The normalized spacial score (nSPS) is 24.0. The van der Waals surface area contributed by atoms with E-state index in [0.29, 0.717) is 5.02 Å². The van der Waals surface area contributed by atoms with Gasteiger partial charge < -0.3 is 10.0 Å². The molecule has 27 heavy (non-hydrogen) atoms. The van der Waals surface area contributed by atoms with Gasteiger partial charge in [-0.3, -0.25) is 19.4 Å². The predicted octanol–water partition coefficient (Wildman–Crippen LogP) is 2.74. The molecule has 0 saturated carbocycles. The van der Waals surface area contributed by atoms with Crippen LogP contribution in [0, 0.1) is 0 Å². The largest absolute Gasteiger partial charge is 0.480 e. The Balaban J connectivity index is 0.00000261. The number of aliphatic carboxylic acids is 1. The third-order valence-corrected chi connectivity index (χ3v) is 5.75. The fourth-order valence-corrected chi connectivity index (χ4v) is 4.20. The maximum Gasteiger partial charge on any atom is 0.317 e. The second-order valence-corrected chi connectivity index (χ2v) is 7.64. The molecule has 1 aromatic carbocycles. The first-order valence-electron chi connectivity index (χ1n) is 9.18. The molecule has 2 aliphatic rings. The standard InChI is InChI=1S/C19H26ClN3O3.ClH/c1-21(13-18(24)25)15-3-2-10-22(11-8-15)17-9-12-23(19(17)26)16-6-4-14(20)5-7-16;/h4-7,15,17H,2-3,8-13H2,1H3,(H,24,25);1H. The van der Waals surface area contributed by atoms with E-state index in [1.54, 1.807) is 0 Å². The molecular formula is C19H27Cl2N3O3. The zero-order valence-electron chi connectivity index (χ0n) is 15.5. The number of nitrogens with zero attached hydrogens (tertiary/aromatic N) is 3. The minimum atomic E-state index is -0.793. The fraction of sp³-hybridized carbons (Fsp3) is 0.579. The van der Waals surface area contributed by atoms with Crippen LogP contribution in [0.1, 0.15) is 25.7 Å². The fourth-order valence-electron chi connectivity index (χ4n) is 4.08. The highest BCUT2D eigenvalue weighted by Gasteiger charge is 2.37. The molecule has 6 nitrogen and oxygen atoms in total. The van der Waals surface area contributed by atoms with Crippen LogP contribution in [-0.2, 0) is 9.59 Å². The molecule has 0 bridgehead atoms. The van der Waals surface area contributed by atoms with Crippen molar-refractivity contribution in [3.8, 4) is 0 Å². The number of benzene rings is 1. The van der Waals surface area contributed by atoms with Crippen LogP contribution in [0.2, 0.25) is 5.02 Å². The molecule has 0 radical (unpaired) electrons. The molecule has 8 heteroatoms. The van der Waals surface area contributed by atoms with Gasteiger partial charge in [0, 0.05) is 29.8 Å². The van der Waals surface area contributed by atoms with Crippen LogP contribution in [0.15, 0.2) is 24.3 Å². The van der Waals surface area contributed by atoms with Gasteiger partial charge in [0.15, 0.2) is 0 Å². The summed E-state index contributed by atoms with van der Waals surface area (Å²) < 4.78 is 0. The highest BCUT2D eigenvalue weighted by atomic mass is 35.5. The number of likely N-dealkylation sites (N-methyl/N-ethyl adjacent to an activating group) is 1. The summed E-state index contributed by atoms with van der Waals surface area (Å²) in [5.41, 5.74) is 0.899. The molecule has 2 atom stereocenters. The summed E-state index contributed by atoms with van der Waals surface area (Å²) in [5, 5.41) is 9.66. The number of anilines is 1. The summed E-state index contributed by atoms with van der Waals surface area (Å²) in [7, 11) is 1.87. The molecule has 2 unspecified atom stereocenters. The predicted molar refractivity (Wildman–Crippen MR) is 109 cm³/mol. The summed E-state index contributed by atoms with van der Waals surface area (Å²) in [5.74, 6) is -0.636. The number of carboxylic acids is 1. The van der Waals surface area contributed by atoms with Gasteiger partial charge in [-0.2, -0.15) is 0 Å². The van der Waals surface area contributed by atoms with Gasteiger partial charge in [0.1, 0.15) is 0 Å². The van der Waals surface area contributed by atoms with Crippen molar-refractivity contribution in [2.75, 3.05) is 38.1 Å². The number of amides is 1. The van der Waals surface area contributed by atoms with Crippen molar-refractivity contribution in [3.05, 3.63) is 29.3 Å². The number of rotatable bonds is 5. The van der Waals surface area contributed by atoms with E-state index in [4.69, 9.17) is 16.7 Å². The van der Waals surface area contributed by atoms with Gasteiger partial charge in [0.2, 0.25) is 5.91 Å². The van der Waals surface area contributed by atoms with Crippen molar-refractivity contribution in [2.45, 2.75) is 37.8 Å². The van der Waals surface area contributed by atoms with E-state index in [1.807, 2.05) is 41.1 Å². The Morgan fingerprint density at radius 2 is 1.89 bits per heavy atom. The lowest BCUT2D eigenvalue weighted by Gasteiger charge is -2.28. The average molecular weight is 416 g/mol. The molecule has 1 aromatic rings. The Morgan fingerprint density at radius 1 is 1.19 bits per heavy atom. The molecule has 2 fully saturated rings. The third kappa shape index (κ3) is 5.35.